The van der Waals surface area contributed by atoms with Gasteiger partial charge in [0.25, 0.3) is 0 Å². The first kappa shape index (κ1) is 13.1. The highest BCUT2D eigenvalue weighted by Crippen LogP contribution is 2.36. The molecule has 2 aliphatic heterocycles. The number of rotatable bonds is 2. The first-order chi connectivity index (χ1) is 9.00. The fraction of sp³-hybridized carbons (Fsp3) is 0.571. The van der Waals surface area contributed by atoms with Crippen LogP contribution >= 0.6 is 0 Å². The standard InChI is InChI=1S/C14H20N2O2S/c1-10-3-5-13(6-4-10)19(17,18)16-11(2)7-12-8-15-9-14(12)16/h3-6,11-12,14-15H,7-9H2,1-2H3. The van der Waals surface area contributed by atoms with Gasteiger partial charge in [0, 0.05) is 18.6 Å². The molecule has 0 amide bonds. The zero-order valence-corrected chi connectivity index (χ0v) is 12.2. The number of hydrogen-bond donors (Lipinski definition) is 1. The molecule has 1 aromatic carbocycles. The van der Waals surface area contributed by atoms with Gasteiger partial charge in [0.1, 0.15) is 0 Å². The molecule has 3 atom stereocenters. The first-order valence-electron chi connectivity index (χ1n) is 6.81. The SMILES string of the molecule is Cc1ccc(S(=O)(=O)N2C(C)CC3CNCC32)cc1. The van der Waals surface area contributed by atoms with Crippen LogP contribution in [0.3, 0.4) is 0 Å². The van der Waals surface area contributed by atoms with E-state index in [0.717, 1.165) is 25.1 Å². The smallest absolute Gasteiger partial charge is 0.243 e. The molecular formula is C14H20N2O2S. The summed E-state index contributed by atoms with van der Waals surface area (Å²) < 4.78 is 27.3. The largest absolute Gasteiger partial charge is 0.315 e. The molecular weight excluding hydrogens is 260 g/mol. The number of aryl methyl sites for hydroxylation is 1. The Morgan fingerprint density at radius 1 is 1.21 bits per heavy atom. The van der Waals surface area contributed by atoms with E-state index in [-0.39, 0.29) is 12.1 Å². The molecule has 0 aliphatic carbocycles. The third-order valence-corrected chi connectivity index (χ3v) is 6.36. The maximum absolute atomic E-state index is 12.8. The average Bonchev–Trinajstić information content (AvgIpc) is 2.88. The molecule has 0 radical (unpaired) electrons. The van der Waals surface area contributed by atoms with Crippen LogP contribution in [0, 0.1) is 12.8 Å². The van der Waals surface area contributed by atoms with E-state index in [1.807, 2.05) is 26.0 Å². The van der Waals surface area contributed by atoms with Gasteiger partial charge in [-0.05, 0) is 44.9 Å². The van der Waals surface area contributed by atoms with Crippen molar-refractivity contribution in [2.75, 3.05) is 13.1 Å². The van der Waals surface area contributed by atoms with Crippen molar-refractivity contribution in [1.29, 1.82) is 0 Å². The van der Waals surface area contributed by atoms with E-state index in [2.05, 4.69) is 5.32 Å². The number of nitrogens with one attached hydrogen (secondary N) is 1. The fourth-order valence-electron chi connectivity index (χ4n) is 3.37. The summed E-state index contributed by atoms with van der Waals surface area (Å²) in [5.41, 5.74) is 1.08. The molecule has 2 saturated heterocycles. The van der Waals surface area contributed by atoms with Gasteiger partial charge in [0.05, 0.1) is 4.90 Å². The minimum Gasteiger partial charge on any atom is -0.315 e. The predicted molar refractivity (Wildman–Crippen MR) is 74.4 cm³/mol. The van der Waals surface area contributed by atoms with E-state index < -0.39 is 10.0 Å². The summed E-state index contributed by atoms with van der Waals surface area (Å²) >= 11 is 0. The van der Waals surface area contributed by atoms with Gasteiger partial charge < -0.3 is 5.32 Å². The van der Waals surface area contributed by atoms with Gasteiger partial charge in [0.15, 0.2) is 0 Å². The lowest BCUT2D eigenvalue weighted by atomic mass is 10.0. The summed E-state index contributed by atoms with van der Waals surface area (Å²) in [6.07, 6.45) is 0.961. The first-order valence-corrected chi connectivity index (χ1v) is 8.25. The van der Waals surface area contributed by atoms with Crippen molar-refractivity contribution in [3.8, 4) is 0 Å². The zero-order chi connectivity index (χ0) is 13.6. The van der Waals surface area contributed by atoms with E-state index >= 15 is 0 Å². The lowest BCUT2D eigenvalue weighted by molar-refractivity contribution is 0.336. The lowest BCUT2D eigenvalue weighted by Crippen LogP contribution is -2.42. The van der Waals surface area contributed by atoms with Gasteiger partial charge in [-0.15, -0.1) is 0 Å². The van der Waals surface area contributed by atoms with Gasteiger partial charge in [-0.3, -0.25) is 0 Å². The number of sulfonamides is 1. The molecule has 1 N–H and O–H groups in total. The van der Waals surface area contributed by atoms with Gasteiger partial charge in [-0.1, -0.05) is 17.7 Å². The molecule has 0 bridgehead atoms. The van der Waals surface area contributed by atoms with Crippen LogP contribution in [0.5, 0.6) is 0 Å². The average molecular weight is 280 g/mol. The Kier molecular flexibility index (Phi) is 3.15. The summed E-state index contributed by atoms with van der Waals surface area (Å²) in [6.45, 7) is 5.70. The molecule has 2 heterocycles. The van der Waals surface area contributed by atoms with Crippen LogP contribution in [0.15, 0.2) is 29.2 Å². The summed E-state index contributed by atoms with van der Waals surface area (Å²) in [5.74, 6) is 0.468. The molecule has 3 rings (SSSR count). The second-order valence-electron chi connectivity index (χ2n) is 5.72. The molecule has 5 heteroatoms. The lowest BCUT2D eigenvalue weighted by Gasteiger charge is -2.26. The van der Waals surface area contributed by atoms with Gasteiger partial charge in [-0.25, -0.2) is 8.42 Å². The quantitative estimate of drug-likeness (QED) is 0.890. The fourth-order valence-corrected chi connectivity index (χ4v) is 5.26. The Morgan fingerprint density at radius 3 is 2.58 bits per heavy atom. The molecule has 19 heavy (non-hydrogen) atoms. The van der Waals surface area contributed by atoms with Crippen LogP contribution in [0.4, 0.5) is 0 Å². The highest BCUT2D eigenvalue weighted by atomic mass is 32.2. The van der Waals surface area contributed by atoms with Gasteiger partial charge in [0.2, 0.25) is 10.0 Å². The van der Waals surface area contributed by atoms with Crippen LogP contribution in [0.25, 0.3) is 0 Å². The highest BCUT2D eigenvalue weighted by molar-refractivity contribution is 7.89. The van der Waals surface area contributed by atoms with Crippen LogP contribution < -0.4 is 5.32 Å². The van der Waals surface area contributed by atoms with Crippen molar-refractivity contribution >= 4 is 10.0 Å². The van der Waals surface area contributed by atoms with E-state index in [1.165, 1.54) is 0 Å². The molecule has 104 valence electrons. The maximum Gasteiger partial charge on any atom is 0.243 e. The molecule has 3 unspecified atom stereocenters. The van der Waals surface area contributed by atoms with Crippen molar-refractivity contribution < 1.29 is 8.42 Å². The van der Waals surface area contributed by atoms with E-state index in [1.54, 1.807) is 16.4 Å². The summed E-state index contributed by atoms with van der Waals surface area (Å²) in [5, 5.41) is 3.30. The molecule has 2 aliphatic rings. The minimum absolute atomic E-state index is 0.100. The van der Waals surface area contributed by atoms with Crippen molar-refractivity contribution in [3.05, 3.63) is 29.8 Å². The molecule has 0 aromatic heterocycles. The number of nitrogens with zero attached hydrogens (tertiary/aromatic N) is 1. The van der Waals surface area contributed by atoms with Gasteiger partial charge in [-0.2, -0.15) is 4.31 Å². The Hall–Kier alpha value is -0.910. The number of fused-ring (bicyclic) bond motifs is 1. The van der Waals surface area contributed by atoms with E-state index in [4.69, 9.17) is 0 Å². The van der Waals surface area contributed by atoms with Crippen LogP contribution in [-0.2, 0) is 10.0 Å². The van der Waals surface area contributed by atoms with E-state index in [9.17, 15) is 8.42 Å². The van der Waals surface area contributed by atoms with Crippen LogP contribution in [0.1, 0.15) is 18.9 Å². The second-order valence-corrected chi connectivity index (χ2v) is 7.56. The molecule has 4 nitrogen and oxygen atoms in total. The maximum atomic E-state index is 12.8. The molecule has 1 aromatic rings. The molecule has 0 saturated carbocycles. The summed E-state index contributed by atoms with van der Waals surface area (Å²) in [4.78, 5) is 0.414. The van der Waals surface area contributed by atoms with Crippen molar-refractivity contribution in [3.63, 3.8) is 0 Å². The number of benzene rings is 1. The van der Waals surface area contributed by atoms with Crippen LogP contribution in [-0.4, -0.2) is 37.9 Å². The minimum atomic E-state index is -3.37. The van der Waals surface area contributed by atoms with E-state index in [0.29, 0.717) is 10.8 Å². The third-order valence-electron chi connectivity index (χ3n) is 4.31. The molecule has 0 spiro atoms. The topological polar surface area (TPSA) is 49.4 Å². The van der Waals surface area contributed by atoms with Crippen molar-refractivity contribution in [2.45, 2.75) is 37.2 Å². The van der Waals surface area contributed by atoms with Crippen molar-refractivity contribution in [2.24, 2.45) is 5.92 Å². The van der Waals surface area contributed by atoms with Crippen LogP contribution in [0.2, 0.25) is 0 Å². The Balaban J connectivity index is 1.97. The zero-order valence-electron chi connectivity index (χ0n) is 11.3. The second kappa shape index (κ2) is 4.58. The number of hydrogen-bond acceptors (Lipinski definition) is 3. The Bertz CT molecular complexity index is 568. The third kappa shape index (κ3) is 2.10. The summed E-state index contributed by atoms with van der Waals surface area (Å²) in [7, 11) is -3.37. The monoisotopic (exact) mass is 280 g/mol. The highest BCUT2D eigenvalue weighted by Gasteiger charge is 2.47. The normalized spacial score (nSPS) is 31.6. The van der Waals surface area contributed by atoms with Crippen molar-refractivity contribution in [1.82, 2.24) is 9.62 Å². The predicted octanol–water partition coefficient (Wildman–Crippen LogP) is 1.37. The Labute approximate surface area is 114 Å². The Morgan fingerprint density at radius 2 is 1.89 bits per heavy atom. The van der Waals surface area contributed by atoms with Gasteiger partial charge >= 0.3 is 0 Å². The molecule has 2 fully saturated rings. The summed E-state index contributed by atoms with van der Waals surface area (Å²) in [6, 6.07) is 7.38.